The summed E-state index contributed by atoms with van der Waals surface area (Å²) in [4.78, 5) is 3.13. The lowest BCUT2D eigenvalue weighted by molar-refractivity contribution is 0.0328. The zero-order valence-electron chi connectivity index (χ0n) is 14.2. The van der Waals surface area contributed by atoms with E-state index < -0.39 is 0 Å². The van der Waals surface area contributed by atoms with Gasteiger partial charge in [0.25, 0.3) is 0 Å². The largest absolute Gasteiger partial charge is 0.483 e. The summed E-state index contributed by atoms with van der Waals surface area (Å²) in [6.45, 7) is 6.22. The fourth-order valence-corrected chi connectivity index (χ4v) is 3.80. The Bertz CT molecular complexity index is 813. The molecule has 3 aromatic rings. The number of hydrogen-bond acceptors (Lipinski definition) is 7. The maximum Gasteiger partial charge on any atom is 0.234 e. The Kier molecular flexibility index (Phi) is 4.91. The van der Waals surface area contributed by atoms with Crippen molar-refractivity contribution in [2.75, 3.05) is 26.3 Å². The van der Waals surface area contributed by atoms with Gasteiger partial charge in [0.05, 0.1) is 19.8 Å². The number of benzene rings is 1. The minimum Gasteiger partial charge on any atom is -0.483 e. The van der Waals surface area contributed by atoms with Gasteiger partial charge < -0.3 is 9.47 Å². The van der Waals surface area contributed by atoms with Crippen molar-refractivity contribution >= 4 is 16.3 Å². The lowest BCUT2D eigenvalue weighted by Gasteiger charge is -2.25. The topological polar surface area (TPSA) is 64.8 Å². The molecule has 2 aromatic heterocycles. The number of aromatic nitrogens is 4. The predicted octanol–water partition coefficient (Wildman–Crippen LogP) is 2.55. The van der Waals surface area contributed by atoms with Gasteiger partial charge in [0.1, 0.15) is 5.75 Å². The summed E-state index contributed by atoms with van der Waals surface area (Å²) < 4.78 is 13.4. The fourth-order valence-electron chi connectivity index (χ4n) is 2.83. The lowest BCUT2D eigenvalue weighted by Crippen LogP contribution is -2.36. The van der Waals surface area contributed by atoms with Gasteiger partial charge in [0.15, 0.2) is 16.9 Å². The predicted molar refractivity (Wildman–Crippen MR) is 94.9 cm³/mol. The average Bonchev–Trinajstić information content (AvgIpc) is 3.23. The second-order valence-electron chi connectivity index (χ2n) is 5.97. The second kappa shape index (κ2) is 7.47. The first-order chi connectivity index (χ1) is 12.3. The highest BCUT2D eigenvalue weighted by Gasteiger charge is 2.21. The van der Waals surface area contributed by atoms with E-state index in [1.807, 2.05) is 34.8 Å². The third-order valence-electron chi connectivity index (χ3n) is 4.21. The Balaban J connectivity index is 1.53. The zero-order valence-corrected chi connectivity index (χ0v) is 15.0. The molecule has 8 heteroatoms. The summed E-state index contributed by atoms with van der Waals surface area (Å²) in [5.74, 6) is 1.72. The molecule has 132 valence electrons. The van der Waals surface area contributed by atoms with Crippen molar-refractivity contribution in [2.24, 2.45) is 0 Å². The smallest absolute Gasteiger partial charge is 0.234 e. The van der Waals surface area contributed by atoms with Crippen molar-refractivity contribution in [1.82, 2.24) is 24.7 Å². The molecule has 0 unspecified atom stereocenters. The van der Waals surface area contributed by atoms with Crippen molar-refractivity contribution in [2.45, 2.75) is 26.0 Å². The first-order valence-corrected chi connectivity index (χ1v) is 9.38. The minimum absolute atomic E-state index is 0.0784. The molecule has 7 nitrogen and oxygen atoms in total. The van der Waals surface area contributed by atoms with E-state index in [-0.39, 0.29) is 6.10 Å². The van der Waals surface area contributed by atoms with Crippen LogP contribution in [0, 0.1) is 0 Å². The molecule has 0 N–H and O–H groups in total. The number of fused-ring (bicyclic) bond motifs is 1. The van der Waals surface area contributed by atoms with Gasteiger partial charge in [0, 0.05) is 13.1 Å². The van der Waals surface area contributed by atoms with Crippen LogP contribution in [0.4, 0.5) is 0 Å². The normalized spacial score (nSPS) is 17.0. The standard InChI is InChI=1S/C17H21N5O2S/c1-2-14(24-13-6-4-3-5-7-13)16-20-22-15(18-19-17(22)25-16)12-21-8-10-23-11-9-21/h3-7,14H,2,8-12H2,1H3/t14-/m1/s1. The molecule has 0 bridgehead atoms. The van der Waals surface area contributed by atoms with E-state index >= 15 is 0 Å². The van der Waals surface area contributed by atoms with Gasteiger partial charge in [-0.05, 0) is 18.6 Å². The van der Waals surface area contributed by atoms with Gasteiger partial charge in [0.2, 0.25) is 4.96 Å². The molecule has 1 aliphatic heterocycles. The van der Waals surface area contributed by atoms with Crippen LogP contribution in [-0.4, -0.2) is 51.0 Å². The van der Waals surface area contributed by atoms with Crippen molar-refractivity contribution in [3.63, 3.8) is 0 Å². The van der Waals surface area contributed by atoms with Crippen LogP contribution in [0.25, 0.3) is 4.96 Å². The van der Waals surface area contributed by atoms with Gasteiger partial charge in [-0.15, -0.1) is 10.2 Å². The molecule has 1 atom stereocenters. The van der Waals surface area contributed by atoms with Gasteiger partial charge in [-0.25, -0.2) is 0 Å². The summed E-state index contributed by atoms with van der Waals surface area (Å²) in [6, 6.07) is 9.86. The monoisotopic (exact) mass is 359 g/mol. The lowest BCUT2D eigenvalue weighted by atomic mass is 10.3. The maximum absolute atomic E-state index is 6.10. The first-order valence-electron chi connectivity index (χ1n) is 8.56. The van der Waals surface area contributed by atoms with E-state index in [0.29, 0.717) is 0 Å². The SMILES string of the molecule is CC[C@@H](Oc1ccccc1)c1nn2c(CN3CCOCC3)nnc2s1. The van der Waals surface area contributed by atoms with Gasteiger partial charge in [-0.2, -0.15) is 9.61 Å². The molecule has 0 radical (unpaired) electrons. The van der Waals surface area contributed by atoms with E-state index in [1.165, 1.54) is 0 Å². The Morgan fingerprint density at radius 3 is 2.76 bits per heavy atom. The highest BCUT2D eigenvalue weighted by Crippen LogP contribution is 2.28. The van der Waals surface area contributed by atoms with Gasteiger partial charge >= 0.3 is 0 Å². The molecule has 0 saturated carbocycles. The van der Waals surface area contributed by atoms with E-state index in [2.05, 4.69) is 22.0 Å². The summed E-state index contributed by atoms with van der Waals surface area (Å²) in [5.41, 5.74) is 0. The Morgan fingerprint density at radius 1 is 1.20 bits per heavy atom. The van der Waals surface area contributed by atoms with Crippen LogP contribution in [0.15, 0.2) is 30.3 Å². The zero-order chi connectivity index (χ0) is 17.1. The van der Waals surface area contributed by atoms with Crippen LogP contribution in [0.1, 0.15) is 30.3 Å². The second-order valence-corrected chi connectivity index (χ2v) is 6.95. The average molecular weight is 359 g/mol. The maximum atomic E-state index is 6.10. The first kappa shape index (κ1) is 16.4. The van der Waals surface area contributed by atoms with E-state index in [0.717, 1.165) is 60.8 Å². The number of morpholine rings is 1. The van der Waals surface area contributed by atoms with Gasteiger partial charge in [-0.1, -0.05) is 36.5 Å². The molecule has 0 spiro atoms. The molecule has 0 amide bonds. The molecule has 1 aliphatic rings. The quantitative estimate of drug-likeness (QED) is 0.674. The molecule has 4 rings (SSSR count). The van der Waals surface area contributed by atoms with Crippen LogP contribution in [0.2, 0.25) is 0 Å². The number of nitrogens with zero attached hydrogens (tertiary/aromatic N) is 5. The molecule has 25 heavy (non-hydrogen) atoms. The summed E-state index contributed by atoms with van der Waals surface area (Å²) >= 11 is 1.54. The van der Waals surface area contributed by atoms with Crippen LogP contribution >= 0.6 is 11.3 Å². The molecule has 1 aromatic carbocycles. The highest BCUT2D eigenvalue weighted by atomic mass is 32.1. The Hall–Kier alpha value is -2.03. The summed E-state index contributed by atoms with van der Waals surface area (Å²) in [5, 5.41) is 14.2. The van der Waals surface area contributed by atoms with Gasteiger partial charge in [-0.3, -0.25) is 4.90 Å². The molecule has 0 aliphatic carbocycles. The summed E-state index contributed by atoms with van der Waals surface area (Å²) in [6.07, 6.45) is 0.767. The Labute approximate surface area is 150 Å². The van der Waals surface area contributed by atoms with Crippen LogP contribution in [-0.2, 0) is 11.3 Å². The van der Waals surface area contributed by atoms with Crippen LogP contribution in [0.5, 0.6) is 5.75 Å². The van der Waals surface area contributed by atoms with E-state index in [1.54, 1.807) is 11.3 Å². The van der Waals surface area contributed by atoms with E-state index in [4.69, 9.17) is 14.6 Å². The molecule has 3 heterocycles. The summed E-state index contributed by atoms with van der Waals surface area (Å²) in [7, 11) is 0. The van der Waals surface area contributed by atoms with Crippen molar-refractivity contribution < 1.29 is 9.47 Å². The number of ether oxygens (including phenoxy) is 2. The van der Waals surface area contributed by atoms with Crippen molar-refractivity contribution in [1.29, 1.82) is 0 Å². The fraction of sp³-hybridized carbons (Fsp3) is 0.471. The van der Waals surface area contributed by atoms with E-state index in [9.17, 15) is 0 Å². The number of para-hydroxylation sites is 1. The Morgan fingerprint density at radius 2 is 2.00 bits per heavy atom. The highest BCUT2D eigenvalue weighted by molar-refractivity contribution is 7.16. The van der Waals surface area contributed by atoms with Crippen LogP contribution < -0.4 is 4.74 Å². The van der Waals surface area contributed by atoms with Crippen molar-refractivity contribution in [3.05, 3.63) is 41.2 Å². The molecule has 1 fully saturated rings. The minimum atomic E-state index is -0.0784. The van der Waals surface area contributed by atoms with Crippen LogP contribution in [0.3, 0.4) is 0 Å². The molecular formula is C17H21N5O2S. The number of rotatable bonds is 6. The molecular weight excluding hydrogens is 338 g/mol. The molecule has 1 saturated heterocycles. The van der Waals surface area contributed by atoms with Crippen molar-refractivity contribution in [3.8, 4) is 5.75 Å². The third kappa shape index (κ3) is 3.65. The third-order valence-corrected chi connectivity index (χ3v) is 5.20. The number of hydrogen-bond donors (Lipinski definition) is 0.